The van der Waals surface area contributed by atoms with Gasteiger partial charge in [0.05, 0.1) is 7.11 Å². The molecule has 17 heavy (non-hydrogen) atoms. The number of benzene rings is 1. The zero-order valence-corrected chi connectivity index (χ0v) is 10.4. The molecule has 0 saturated carbocycles. The lowest BCUT2D eigenvalue weighted by atomic mass is 9.98. The first-order valence-corrected chi connectivity index (χ1v) is 5.66. The first-order valence-electron chi connectivity index (χ1n) is 5.66. The van der Waals surface area contributed by atoms with Crippen LogP contribution >= 0.6 is 0 Å². The Balaban J connectivity index is 2.41. The summed E-state index contributed by atoms with van der Waals surface area (Å²) in [5, 5.41) is 0. The molecule has 1 aromatic carbocycles. The van der Waals surface area contributed by atoms with Gasteiger partial charge in [0.1, 0.15) is 5.75 Å². The van der Waals surface area contributed by atoms with Crippen LogP contribution in [0.4, 0.5) is 0 Å². The Morgan fingerprint density at radius 3 is 2.59 bits per heavy atom. The van der Waals surface area contributed by atoms with E-state index in [1.807, 2.05) is 12.1 Å². The van der Waals surface area contributed by atoms with Crippen molar-refractivity contribution in [3.8, 4) is 5.75 Å². The Kier molecular flexibility index (Phi) is 3.14. The predicted octanol–water partition coefficient (Wildman–Crippen LogP) is 3.63. The second kappa shape index (κ2) is 4.58. The van der Waals surface area contributed by atoms with Gasteiger partial charge in [0.25, 0.3) is 0 Å². The molecule has 0 aliphatic heterocycles. The monoisotopic (exact) mass is 228 g/mol. The number of ether oxygens (including phenoxy) is 1. The molecule has 0 atom stereocenters. The van der Waals surface area contributed by atoms with Gasteiger partial charge in [-0.1, -0.05) is 23.3 Å². The molecule has 0 unspecified atom stereocenters. The molecule has 2 nitrogen and oxygen atoms in total. The van der Waals surface area contributed by atoms with Crippen molar-refractivity contribution in [2.24, 2.45) is 0 Å². The molecule has 88 valence electrons. The van der Waals surface area contributed by atoms with Crippen LogP contribution in [0.3, 0.4) is 0 Å². The highest BCUT2D eigenvalue weighted by molar-refractivity contribution is 5.88. The third-order valence-electron chi connectivity index (χ3n) is 3.25. The minimum atomic E-state index is 0.693. The Morgan fingerprint density at radius 2 is 2.06 bits per heavy atom. The lowest BCUT2D eigenvalue weighted by Crippen LogP contribution is -1.93. The highest BCUT2D eigenvalue weighted by Gasteiger charge is 2.14. The van der Waals surface area contributed by atoms with Crippen LogP contribution in [0.5, 0.6) is 5.75 Å². The summed E-state index contributed by atoms with van der Waals surface area (Å²) in [6.45, 7) is 4.23. The van der Waals surface area contributed by atoms with Gasteiger partial charge >= 0.3 is 0 Å². The van der Waals surface area contributed by atoms with Crippen molar-refractivity contribution < 1.29 is 9.53 Å². The van der Waals surface area contributed by atoms with E-state index in [9.17, 15) is 4.79 Å². The summed E-state index contributed by atoms with van der Waals surface area (Å²) >= 11 is 0. The Hall–Kier alpha value is -1.83. The summed E-state index contributed by atoms with van der Waals surface area (Å²) in [6.07, 6.45) is 3.98. The van der Waals surface area contributed by atoms with Gasteiger partial charge in [-0.2, -0.15) is 0 Å². The van der Waals surface area contributed by atoms with Gasteiger partial charge in [-0.15, -0.1) is 0 Å². The largest absolute Gasteiger partial charge is 0.497 e. The van der Waals surface area contributed by atoms with Crippen LogP contribution in [0.15, 0.2) is 35.4 Å². The topological polar surface area (TPSA) is 26.3 Å². The van der Waals surface area contributed by atoms with Crippen LogP contribution in [0.2, 0.25) is 0 Å². The van der Waals surface area contributed by atoms with E-state index in [2.05, 4.69) is 19.9 Å². The van der Waals surface area contributed by atoms with E-state index in [4.69, 9.17) is 4.74 Å². The molecular weight excluding hydrogens is 212 g/mol. The smallest absolute Gasteiger partial charge is 0.150 e. The zero-order valence-electron chi connectivity index (χ0n) is 10.4. The Bertz CT molecular complexity index is 522. The van der Waals surface area contributed by atoms with Gasteiger partial charge in [-0.05, 0) is 43.5 Å². The number of carbonyl (C=O) groups excluding carboxylic acids is 1. The van der Waals surface area contributed by atoms with E-state index in [1.54, 1.807) is 13.2 Å². The standard InChI is InChI=1S/C15H16O2/c1-10-6-12(7-11(10)2)15-5-4-14(17-3)8-13(15)9-16/h4-6,8-9H,7H2,1-3H3. The molecule has 0 radical (unpaired) electrons. The lowest BCUT2D eigenvalue weighted by Gasteiger charge is -2.08. The maximum atomic E-state index is 11.1. The van der Waals surface area contributed by atoms with Gasteiger partial charge in [-0.25, -0.2) is 0 Å². The Labute approximate surface area is 102 Å². The molecule has 0 N–H and O–H groups in total. The van der Waals surface area contributed by atoms with Crippen LogP contribution in [-0.2, 0) is 0 Å². The summed E-state index contributed by atoms with van der Waals surface area (Å²) in [6, 6.07) is 5.64. The van der Waals surface area contributed by atoms with Crippen molar-refractivity contribution in [1.29, 1.82) is 0 Å². The molecular formula is C15H16O2. The lowest BCUT2D eigenvalue weighted by molar-refractivity contribution is 0.112. The number of methoxy groups -OCH3 is 1. The number of rotatable bonds is 3. The second-order valence-electron chi connectivity index (χ2n) is 4.38. The van der Waals surface area contributed by atoms with Crippen LogP contribution < -0.4 is 4.74 Å². The first-order chi connectivity index (χ1) is 8.15. The highest BCUT2D eigenvalue weighted by atomic mass is 16.5. The fourth-order valence-electron chi connectivity index (χ4n) is 2.09. The van der Waals surface area contributed by atoms with Crippen molar-refractivity contribution in [3.63, 3.8) is 0 Å². The minimum Gasteiger partial charge on any atom is -0.497 e. The number of allylic oxidation sites excluding steroid dienone is 4. The number of hydrogen-bond acceptors (Lipinski definition) is 2. The van der Waals surface area contributed by atoms with E-state index in [0.29, 0.717) is 5.56 Å². The zero-order chi connectivity index (χ0) is 12.4. The van der Waals surface area contributed by atoms with E-state index in [1.165, 1.54) is 16.7 Å². The third kappa shape index (κ3) is 2.16. The minimum absolute atomic E-state index is 0.693. The molecule has 0 spiro atoms. The van der Waals surface area contributed by atoms with Crippen LogP contribution in [0.1, 0.15) is 36.2 Å². The fourth-order valence-corrected chi connectivity index (χ4v) is 2.09. The van der Waals surface area contributed by atoms with Crippen molar-refractivity contribution in [2.45, 2.75) is 20.3 Å². The van der Waals surface area contributed by atoms with E-state index >= 15 is 0 Å². The summed E-state index contributed by atoms with van der Waals surface area (Å²) in [5.41, 5.74) is 5.58. The summed E-state index contributed by atoms with van der Waals surface area (Å²) < 4.78 is 5.13. The molecule has 0 fully saturated rings. The van der Waals surface area contributed by atoms with Gasteiger partial charge in [-0.3, -0.25) is 4.79 Å². The molecule has 1 aliphatic carbocycles. The number of carbonyl (C=O) groups is 1. The van der Waals surface area contributed by atoms with Crippen molar-refractivity contribution in [2.75, 3.05) is 7.11 Å². The summed E-state index contributed by atoms with van der Waals surface area (Å²) in [4.78, 5) is 11.1. The average Bonchev–Trinajstić information content (AvgIpc) is 2.68. The molecule has 2 heteroatoms. The molecule has 0 aromatic heterocycles. The van der Waals surface area contributed by atoms with Crippen molar-refractivity contribution >= 4 is 11.9 Å². The fraction of sp³-hybridized carbons (Fsp3) is 0.267. The van der Waals surface area contributed by atoms with Crippen LogP contribution in [-0.4, -0.2) is 13.4 Å². The SMILES string of the molecule is COc1ccc(C2=CC(C)=C(C)C2)c(C=O)c1. The highest BCUT2D eigenvalue weighted by Crippen LogP contribution is 2.34. The molecule has 0 saturated heterocycles. The van der Waals surface area contributed by atoms with E-state index in [-0.39, 0.29) is 0 Å². The van der Waals surface area contributed by atoms with Crippen LogP contribution in [0.25, 0.3) is 5.57 Å². The van der Waals surface area contributed by atoms with E-state index in [0.717, 1.165) is 24.0 Å². The molecule has 2 rings (SSSR count). The third-order valence-corrected chi connectivity index (χ3v) is 3.25. The number of aldehydes is 1. The van der Waals surface area contributed by atoms with E-state index < -0.39 is 0 Å². The van der Waals surface area contributed by atoms with Crippen molar-refractivity contribution in [1.82, 2.24) is 0 Å². The van der Waals surface area contributed by atoms with Crippen LogP contribution in [0, 0.1) is 0 Å². The maximum absolute atomic E-state index is 11.1. The molecule has 0 bridgehead atoms. The number of hydrogen-bond donors (Lipinski definition) is 0. The van der Waals surface area contributed by atoms with Gasteiger partial charge in [0.2, 0.25) is 0 Å². The van der Waals surface area contributed by atoms with Gasteiger partial charge < -0.3 is 4.74 Å². The quantitative estimate of drug-likeness (QED) is 0.738. The molecule has 0 heterocycles. The van der Waals surface area contributed by atoms with Crippen molar-refractivity contribution in [3.05, 3.63) is 46.5 Å². The van der Waals surface area contributed by atoms with Gasteiger partial charge in [0.15, 0.2) is 6.29 Å². The molecule has 0 amide bonds. The summed E-state index contributed by atoms with van der Waals surface area (Å²) in [5.74, 6) is 0.718. The normalized spacial score (nSPS) is 14.9. The molecule has 1 aliphatic rings. The van der Waals surface area contributed by atoms with Gasteiger partial charge in [0, 0.05) is 5.56 Å². The molecule has 1 aromatic rings. The summed E-state index contributed by atoms with van der Waals surface area (Å²) in [7, 11) is 1.61. The average molecular weight is 228 g/mol. The second-order valence-corrected chi connectivity index (χ2v) is 4.38. The Morgan fingerprint density at radius 1 is 1.29 bits per heavy atom. The predicted molar refractivity (Wildman–Crippen MR) is 69.3 cm³/mol. The first kappa shape index (κ1) is 11.6. The maximum Gasteiger partial charge on any atom is 0.150 e.